The monoisotopic (exact) mass is 493 g/mol. The van der Waals surface area contributed by atoms with Gasteiger partial charge in [-0.2, -0.15) is 4.72 Å². The van der Waals surface area contributed by atoms with Gasteiger partial charge in [-0.3, -0.25) is 14.2 Å². The van der Waals surface area contributed by atoms with Crippen LogP contribution in [0.15, 0.2) is 29.2 Å². The summed E-state index contributed by atoms with van der Waals surface area (Å²) >= 11 is 0. The number of sulfonamides is 1. The van der Waals surface area contributed by atoms with Crippen molar-refractivity contribution in [3.63, 3.8) is 0 Å². The molecule has 32 heavy (non-hydrogen) atoms. The third kappa shape index (κ3) is 6.17. The Labute approximate surface area is 189 Å². The van der Waals surface area contributed by atoms with Crippen LogP contribution in [0.3, 0.4) is 0 Å². The summed E-state index contributed by atoms with van der Waals surface area (Å²) < 4.78 is 62.9. The van der Waals surface area contributed by atoms with Gasteiger partial charge < -0.3 is 18.5 Å². The lowest BCUT2D eigenvalue weighted by atomic mass is 10.0. The maximum atomic E-state index is 13.8. The van der Waals surface area contributed by atoms with E-state index < -0.39 is 40.8 Å². The molecule has 0 heterocycles. The van der Waals surface area contributed by atoms with Gasteiger partial charge in [0.25, 0.3) is 0 Å². The second-order valence-electron chi connectivity index (χ2n) is 6.82. The maximum Gasteiger partial charge on any atom is 0.349 e. The van der Waals surface area contributed by atoms with Gasteiger partial charge in [-0.25, -0.2) is 8.42 Å². The molecule has 0 radical (unpaired) electrons. The molecule has 0 fully saturated rings. The molecule has 0 aromatic heterocycles. The van der Waals surface area contributed by atoms with Crippen LogP contribution in [0.2, 0.25) is 0 Å². The van der Waals surface area contributed by atoms with E-state index in [9.17, 15) is 22.6 Å². The SMILES string of the molecule is CCOC(=O)[C@@H](NS(=O)(=O)c1ccc(C)cc1)[C@](C)(C(=O)OCC)P(=O)(OCC)OCC. The van der Waals surface area contributed by atoms with Crippen molar-refractivity contribution in [1.29, 1.82) is 0 Å². The molecule has 1 N–H and O–H groups in total. The Morgan fingerprint density at radius 1 is 0.969 bits per heavy atom. The summed E-state index contributed by atoms with van der Waals surface area (Å²) in [7, 11) is -8.80. The number of carbonyl (C=O) groups excluding carboxylic acids is 2. The molecule has 0 aliphatic carbocycles. The van der Waals surface area contributed by atoms with Crippen LogP contribution in [-0.2, 0) is 42.7 Å². The van der Waals surface area contributed by atoms with Crippen LogP contribution >= 0.6 is 7.60 Å². The minimum atomic E-state index is -4.45. The van der Waals surface area contributed by atoms with Crippen molar-refractivity contribution in [3.8, 4) is 0 Å². The Hall–Kier alpha value is -1.78. The molecule has 0 spiro atoms. The van der Waals surface area contributed by atoms with Crippen molar-refractivity contribution in [1.82, 2.24) is 4.72 Å². The van der Waals surface area contributed by atoms with Crippen LogP contribution in [-0.4, -0.2) is 58.0 Å². The van der Waals surface area contributed by atoms with E-state index in [1.807, 2.05) is 0 Å². The first kappa shape index (κ1) is 28.3. The number of hydrogen-bond donors (Lipinski definition) is 1. The number of esters is 2. The van der Waals surface area contributed by atoms with Gasteiger partial charge in [0.2, 0.25) is 10.0 Å². The quantitative estimate of drug-likeness (QED) is 0.325. The van der Waals surface area contributed by atoms with Crippen LogP contribution in [0.4, 0.5) is 0 Å². The van der Waals surface area contributed by atoms with Crippen LogP contribution < -0.4 is 4.72 Å². The summed E-state index contributed by atoms with van der Waals surface area (Å²) in [6, 6.07) is 3.86. The standard InChI is InChI=1S/C20H32NO9PS/c1-7-27-18(22)17(21-32(25,26)16-13-11-15(5)12-14-16)20(6,19(23)28-8-2)31(24,29-9-3)30-10-4/h11-14,17,21H,7-10H2,1-6H3/t17-,20-/m1/s1. The molecule has 0 saturated heterocycles. The van der Waals surface area contributed by atoms with Crippen LogP contribution in [0, 0.1) is 6.92 Å². The molecule has 1 rings (SSSR count). The van der Waals surface area contributed by atoms with Crippen LogP contribution in [0.1, 0.15) is 40.2 Å². The van der Waals surface area contributed by atoms with Crippen molar-refractivity contribution < 1.29 is 41.1 Å². The predicted molar refractivity (Wildman–Crippen MR) is 118 cm³/mol. The van der Waals surface area contributed by atoms with Crippen molar-refractivity contribution in [3.05, 3.63) is 29.8 Å². The molecule has 2 atom stereocenters. The maximum absolute atomic E-state index is 13.8. The predicted octanol–water partition coefficient (Wildman–Crippen LogP) is 2.79. The molecule has 0 saturated carbocycles. The Balaban J connectivity index is 3.72. The molecule has 1 aromatic rings. The lowest BCUT2D eigenvalue weighted by Crippen LogP contribution is -2.60. The number of rotatable bonds is 13. The third-order valence-corrected chi connectivity index (χ3v) is 8.76. The highest BCUT2D eigenvalue weighted by Crippen LogP contribution is 2.62. The Morgan fingerprint density at radius 2 is 1.47 bits per heavy atom. The second kappa shape index (κ2) is 11.9. The summed E-state index contributed by atoms with van der Waals surface area (Å²) in [5.41, 5.74) is 0.819. The molecule has 1 aromatic carbocycles. The average Bonchev–Trinajstić information content (AvgIpc) is 2.72. The van der Waals surface area contributed by atoms with Gasteiger partial charge in [-0.05, 0) is 53.7 Å². The van der Waals surface area contributed by atoms with Gasteiger partial charge in [-0.1, -0.05) is 17.7 Å². The zero-order valence-electron chi connectivity index (χ0n) is 19.2. The highest BCUT2D eigenvalue weighted by atomic mass is 32.2. The topological polar surface area (TPSA) is 134 Å². The Morgan fingerprint density at radius 3 is 1.91 bits per heavy atom. The van der Waals surface area contributed by atoms with Gasteiger partial charge in [-0.15, -0.1) is 0 Å². The van der Waals surface area contributed by atoms with E-state index in [0.29, 0.717) is 0 Å². The second-order valence-corrected chi connectivity index (χ2v) is 11.0. The van der Waals surface area contributed by atoms with Crippen molar-refractivity contribution >= 4 is 29.6 Å². The van der Waals surface area contributed by atoms with Crippen molar-refractivity contribution in [2.24, 2.45) is 0 Å². The van der Waals surface area contributed by atoms with Crippen molar-refractivity contribution in [2.75, 3.05) is 26.4 Å². The number of nitrogens with one attached hydrogen (secondary N) is 1. The first-order chi connectivity index (χ1) is 14.9. The fraction of sp³-hybridized carbons (Fsp3) is 0.600. The minimum Gasteiger partial charge on any atom is -0.465 e. The zero-order chi connectivity index (χ0) is 24.6. The lowest BCUT2D eigenvalue weighted by Gasteiger charge is -2.38. The number of carbonyl (C=O) groups is 2. The fourth-order valence-corrected chi connectivity index (χ4v) is 6.29. The third-order valence-electron chi connectivity index (χ3n) is 4.54. The van der Waals surface area contributed by atoms with Crippen LogP contribution in [0.25, 0.3) is 0 Å². The number of hydrogen-bond acceptors (Lipinski definition) is 9. The first-order valence-corrected chi connectivity index (χ1v) is 13.3. The van der Waals surface area contributed by atoms with E-state index >= 15 is 0 Å². The average molecular weight is 494 g/mol. The summed E-state index contributed by atoms with van der Waals surface area (Å²) in [5.74, 6) is -2.26. The fourth-order valence-electron chi connectivity index (χ4n) is 2.87. The lowest BCUT2D eigenvalue weighted by molar-refractivity contribution is -0.155. The molecule has 0 unspecified atom stereocenters. The molecule has 182 valence electrons. The van der Waals surface area contributed by atoms with E-state index in [1.54, 1.807) is 19.1 Å². The van der Waals surface area contributed by atoms with Gasteiger partial charge in [0.15, 0.2) is 5.16 Å². The summed E-state index contributed by atoms with van der Waals surface area (Å²) in [4.78, 5) is 25.8. The molecule has 0 bridgehead atoms. The molecule has 12 heteroatoms. The Kier molecular flexibility index (Phi) is 10.5. The molecular weight excluding hydrogens is 461 g/mol. The zero-order valence-corrected chi connectivity index (χ0v) is 21.0. The van der Waals surface area contributed by atoms with Crippen LogP contribution in [0.5, 0.6) is 0 Å². The van der Waals surface area contributed by atoms with Crippen molar-refractivity contribution in [2.45, 2.75) is 57.6 Å². The number of ether oxygens (including phenoxy) is 2. The normalized spacial score (nSPS) is 14.9. The minimum absolute atomic E-state index is 0.117. The highest BCUT2D eigenvalue weighted by Gasteiger charge is 2.63. The van der Waals surface area contributed by atoms with E-state index in [2.05, 4.69) is 4.72 Å². The van der Waals surface area contributed by atoms with E-state index in [-0.39, 0.29) is 31.3 Å². The molecular formula is C20H32NO9PS. The largest absolute Gasteiger partial charge is 0.465 e. The summed E-state index contributed by atoms with van der Waals surface area (Å²) in [6.07, 6.45) is 0. The van der Waals surface area contributed by atoms with E-state index in [0.717, 1.165) is 12.5 Å². The Bertz CT molecular complexity index is 923. The van der Waals surface area contributed by atoms with Gasteiger partial charge in [0.1, 0.15) is 6.04 Å². The van der Waals surface area contributed by atoms with Gasteiger partial charge >= 0.3 is 19.5 Å². The molecule has 0 aliphatic heterocycles. The smallest absolute Gasteiger partial charge is 0.349 e. The van der Waals surface area contributed by atoms with Gasteiger partial charge in [0, 0.05) is 0 Å². The summed E-state index contributed by atoms with van der Waals surface area (Å²) in [5, 5.41) is -2.38. The first-order valence-electron chi connectivity index (χ1n) is 10.2. The van der Waals surface area contributed by atoms with Gasteiger partial charge in [0.05, 0.1) is 31.3 Å². The van der Waals surface area contributed by atoms with E-state index in [1.165, 1.54) is 39.8 Å². The number of benzene rings is 1. The number of aryl methyl sites for hydroxylation is 1. The summed E-state index contributed by atoms with van der Waals surface area (Å²) in [6.45, 7) is 8.45. The molecule has 10 nitrogen and oxygen atoms in total. The highest BCUT2D eigenvalue weighted by molar-refractivity contribution is 7.89. The molecule has 0 amide bonds. The molecule has 0 aliphatic rings. The van der Waals surface area contributed by atoms with E-state index in [4.69, 9.17) is 18.5 Å².